The zero-order valence-electron chi connectivity index (χ0n) is 36.7. The normalized spacial score (nSPS) is 26.7. The summed E-state index contributed by atoms with van der Waals surface area (Å²) in [6.07, 6.45) is 5.09. The molecule has 5 aliphatic rings. The van der Waals surface area contributed by atoms with Crippen molar-refractivity contribution in [1.29, 1.82) is 0 Å². The van der Waals surface area contributed by atoms with Gasteiger partial charge in [0, 0.05) is 31.4 Å². The number of pyridine rings is 1. The van der Waals surface area contributed by atoms with Crippen LogP contribution >= 0.6 is 0 Å². The van der Waals surface area contributed by atoms with Crippen LogP contribution in [-0.2, 0) is 35.6 Å². The van der Waals surface area contributed by atoms with Gasteiger partial charge in [-0.2, -0.15) is 0 Å². The van der Waals surface area contributed by atoms with E-state index >= 15 is 0 Å². The average Bonchev–Trinajstić information content (AvgIpc) is 4.09. The lowest BCUT2D eigenvalue weighted by Crippen LogP contribution is -2.63. The van der Waals surface area contributed by atoms with Crippen molar-refractivity contribution in [2.45, 2.75) is 146 Å². The molecular weight excluding hydrogens is 820 g/mol. The van der Waals surface area contributed by atoms with Crippen LogP contribution in [0.4, 0.5) is 9.18 Å². The van der Waals surface area contributed by atoms with Crippen LogP contribution in [0, 0.1) is 11.3 Å². The number of rotatable bonds is 12. The summed E-state index contributed by atoms with van der Waals surface area (Å²) in [5, 5.41) is 6.41. The molecule has 2 bridgehead atoms. The molecule has 0 unspecified atom stereocenters. The second kappa shape index (κ2) is 17.9. The molecule has 3 aliphatic heterocycles. The minimum Gasteiger partial charge on any atom is -0.492 e. The number of amides is 4. The van der Waals surface area contributed by atoms with Crippen LogP contribution in [0.2, 0.25) is 0 Å². The molecule has 6 atom stereocenters. The zero-order valence-corrected chi connectivity index (χ0v) is 37.5. The predicted octanol–water partition coefficient (Wildman–Crippen LogP) is 5.10. The van der Waals surface area contributed by atoms with Gasteiger partial charge in [-0.1, -0.05) is 51.8 Å². The number of halogens is 1. The summed E-state index contributed by atoms with van der Waals surface area (Å²) >= 11 is 0. The number of alkyl carbamates (subject to hydrolysis) is 1. The smallest absolute Gasteiger partial charge is 0.408 e. The van der Waals surface area contributed by atoms with Gasteiger partial charge in [-0.3, -0.25) is 24.0 Å². The molecule has 1 aromatic heterocycles. The lowest BCUT2D eigenvalue weighted by atomic mass is 9.85. The second-order valence-corrected chi connectivity index (χ2v) is 21.7. The van der Waals surface area contributed by atoms with Gasteiger partial charge in [-0.05, 0) is 88.7 Å². The van der Waals surface area contributed by atoms with Crippen LogP contribution in [0.1, 0.15) is 104 Å². The van der Waals surface area contributed by atoms with E-state index in [1.54, 1.807) is 27.7 Å². The van der Waals surface area contributed by atoms with E-state index in [1.807, 2.05) is 24.3 Å². The standard InChI is InChI=1S/C45H63FN6O9S/c1-7-18-45(6,41(55)50-62(57,58)44(5)19-20-44)49-38(53)34-24-30-27-52(34)40(54)37(43(2,3)4)48-42(56)61-35-23-28(35)14-9-8-10-16-32-36(59-22-13-21-51-25-29(46)26-51)31-15-11-12-17-33(31)47-39(32)60-30/h7,11-12,15,17,28-30,34-35,37H,1,8-10,13-14,16,18-27H2,2-6H3,(H,48,56)(H,49,53)(H,50,55)/t28-,30-,34+,35-,37-,45-/m1/s1. The molecular formula is C45H63FN6O9S. The second-order valence-electron chi connectivity index (χ2n) is 19.5. The Morgan fingerprint density at radius 1 is 1.08 bits per heavy atom. The summed E-state index contributed by atoms with van der Waals surface area (Å²) in [6, 6.07) is 5.32. The van der Waals surface area contributed by atoms with E-state index in [9.17, 15) is 32.0 Å². The number of alkyl halides is 1. The molecule has 1 aromatic carbocycles. The van der Waals surface area contributed by atoms with Gasteiger partial charge in [-0.15, -0.1) is 6.58 Å². The first kappa shape index (κ1) is 45.5. The molecule has 0 radical (unpaired) electrons. The van der Waals surface area contributed by atoms with Crippen LogP contribution in [-0.4, -0.2) is 121 Å². The van der Waals surface area contributed by atoms with Gasteiger partial charge in [0.25, 0.3) is 5.91 Å². The Balaban J connectivity index is 1.22. The molecule has 2 saturated heterocycles. The lowest BCUT2D eigenvalue weighted by Gasteiger charge is -2.36. The van der Waals surface area contributed by atoms with Gasteiger partial charge in [0.1, 0.15) is 41.8 Å². The van der Waals surface area contributed by atoms with Gasteiger partial charge in [0.15, 0.2) is 0 Å². The quantitative estimate of drug-likeness (QED) is 0.190. The molecule has 2 saturated carbocycles. The predicted molar refractivity (Wildman–Crippen MR) is 231 cm³/mol. The third kappa shape index (κ3) is 10.1. The summed E-state index contributed by atoms with van der Waals surface area (Å²) < 4.78 is 60.1. The SMILES string of the molecule is C=CC[C@@](C)(NC(=O)[C@@H]1C[C@@H]2CN1C(=O)[C@H](C(C)(C)C)NC(=O)O[C@@H]1C[C@H]1CCCCCc1c(nc3ccccc3c1OCCCN1CC(F)C1)O2)C(=O)NS(=O)(=O)C1(C)CC1. The Morgan fingerprint density at radius 3 is 2.52 bits per heavy atom. The summed E-state index contributed by atoms with van der Waals surface area (Å²) in [7, 11) is -4.05. The summed E-state index contributed by atoms with van der Waals surface area (Å²) in [6.45, 7) is 14.0. The number of hydrogen-bond donors (Lipinski definition) is 3. The summed E-state index contributed by atoms with van der Waals surface area (Å²) in [4.78, 5) is 65.0. The molecule has 62 heavy (non-hydrogen) atoms. The van der Waals surface area contributed by atoms with E-state index in [1.165, 1.54) is 17.9 Å². The molecule has 17 heteroatoms. The van der Waals surface area contributed by atoms with Crippen LogP contribution < -0.4 is 24.8 Å². The van der Waals surface area contributed by atoms with E-state index in [4.69, 9.17) is 19.2 Å². The highest BCUT2D eigenvalue weighted by molar-refractivity contribution is 7.91. The molecule has 2 aromatic rings. The number of hydrogen-bond acceptors (Lipinski definition) is 11. The minimum absolute atomic E-state index is 0.0136. The third-order valence-corrected chi connectivity index (χ3v) is 15.2. The Kier molecular flexibility index (Phi) is 13.2. The van der Waals surface area contributed by atoms with Crippen LogP contribution in [0.3, 0.4) is 0 Å². The molecule has 7 rings (SSSR count). The molecule has 0 spiro atoms. The first-order chi connectivity index (χ1) is 29.3. The zero-order chi connectivity index (χ0) is 44.6. The molecule has 4 heterocycles. The van der Waals surface area contributed by atoms with E-state index in [-0.39, 0.29) is 31.4 Å². The van der Waals surface area contributed by atoms with Crippen molar-refractivity contribution >= 4 is 44.7 Å². The number of likely N-dealkylation sites (tertiary alicyclic amines) is 1. The average molecular weight is 883 g/mol. The number of ether oxygens (including phenoxy) is 3. The lowest BCUT2D eigenvalue weighted by molar-refractivity contribution is -0.143. The summed E-state index contributed by atoms with van der Waals surface area (Å²) in [5.41, 5.74) is -1.17. The van der Waals surface area contributed by atoms with E-state index in [0.29, 0.717) is 69.1 Å². The highest BCUT2D eigenvalue weighted by atomic mass is 32.2. The molecule has 4 fully saturated rings. The highest BCUT2D eigenvalue weighted by Gasteiger charge is 2.53. The largest absolute Gasteiger partial charge is 0.492 e. The Bertz CT molecular complexity index is 2160. The molecule has 4 amide bonds. The number of fused-ring (bicyclic) bond motifs is 5. The van der Waals surface area contributed by atoms with E-state index < -0.39 is 73.9 Å². The van der Waals surface area contributed by atoms with Crippen molar-refractivity contribution in [3.05, 3.63) is 42.5 Å². The van der Waals surface area contributed by atoms with E-state index in [0.717, 1.165) is 43.1 Å². The number of benzene rings is 1. The minimum atomic E-state index is -4.05. The van der Waals surface area contributed by atoms with Crippen molar-refractivity contribution in [2.24, 2.45) is 11.3 Å². The number of sulfonamides is 1. The maximum absolute atomic E-state index is 14.8. The monoisotopic (exact) mass is 882 g/mol. The van der Waals surface area contributed by atoms with E-state index in [2.05, 4.69) is 26.8 Å². The third-order valence-electron chi connectivity index (χ3n) is 13.1. The number of nitrogens with one attached hydrogen (secondary N) is 3. The molecule has 340 valence electrons. The number of carbonyl (C=O) groups excluding carboxylic acids is 4. The Morgan fingerprint density at radius 2 is 1.82 bits per heavy atom. The van der Waals surface area contributed by atoms with Gasteiger partial charge < -0.3 is 29.7 Å². The Labute approximate surface area is 364 Å². The van der Waals surface area contributed by atoms with Crippen molar-refractivity contribution in [3.8, 4) is 11.6 Å². The van der Waals surface area contributed by atoms with Gasteiger partial charge in [0.2, 0.25) is 27.7 Å². The topological polar surface area (TPSA) is 186 Å². The van der Waals surface area contributed by atoms with Gasteiger partial charge in [-0.25, -0.2) is 22.6 Å². The van der Waals surface area contributed by atoms with Crippen molar-refractivity contribution in [2.75, 3.05) is 32.8 Å². The number of aromatic nitrogens is 1. The fraction of sp³-hybridized carbons (Fsp3) is 0.667. The molecule has 2 aliphatic carbocycles. The summed E-state index contributed by atoms with van der Waals surface area (Å²) in [5.74, 6) is -0.987. The number of para-hydroxylation sites is 1. The van der Waals surface area contributed by atoms with Crippen LogP contribution in [0.5, 0.6) is 11.6 Å². The molecule has 3 N–H and O–H groups in total. The van der Waals surface area contributed by atoms with Crippen LogP contribution in [0.25, 0.3) is 10.9 Å². The number of carbonyl (C=O) groups is 4. The van der Waals surface area contributed by atoms with Gasteiger partial charge in [0.05, 0.1) is 29.0 Å². The first-order valence-corrected chi connectivity index (χ1v) is 23.6. The first-order valence-electron chi connectivity index (χ1n) is 22.2. The maximum atomic E-state index is 14.8. The van der Waals surface area contributed by atoms with Crippen molar-refractivity contribution in [3.63, 3.8) is 0 Å². The van der Waals surface area contributed by atoms with Crippen molar-refractivity contribution in [1.82, 2.24) is 30.1 Å². The fourth-order valence-electron chi connectivity index (χ4n) is 8.67. The number of nitrogens with zero attached hydrogens (tertiary/aromatic N) is 3. The van der Waals surface area contributed by atoms with Gasteiger partial charge >= 0.3 is 6.09 Å². The Hall–Kier alpha value is -4.51. The maximum Gasteiger partial charge on any atom is 0.408 e. The fourth-order valence-corrected chi connectivity index (χ4v) is 10.0. The highest BCUT2D eigenvalue weighted by Crippen LogP contribution is 2.43. The molecule has 15 nitrogen and oxygen atoms in total. The van der Waals surface area contributed by atoms with Crippen LogP contribution in [0.15, 0.2) is 36.9 Å². The van der Waals surface area contributed by atoms with Crippen molar-refractivity contribution < 1.29 is 46.2 Å².